The Balaban J connectivity index is 0.000000172. The molecule has 2 aliphatic carbocycles. The summed E-state index contributed by atoms with van der Waals surface area (Å²) in [4.78, 5) is 22.8. The van der Waals surface area contributed by atoms with Crippen LogP contribution in [0.25, 0.3) is 0 Å². The Morgan fingerprint density at radius 2 is 1.42 bits per heavy atom. The van der Waals surface area contributed by atoms with Crippen LogP contribution in [0.1, 0.15) is 47.9 Å². The summed E-state index contributed by atoms with van der Waals surface area (Å²) in [5, 5.41) is 9.57. The fourth-order valence-corrected chi connectivity index (χ4v) is 5.54. The van der Waals surface area contributed by atoms with Crippen molar-refractivity contribution in [2.45, 2.75) is 51.4 Å². The van der Waals surface area contributed by atoms with Gasteiger partial charge in [-0.1, -0.05) is 31.9 Å². The number of phenols is 1. The number of ether oxygens (including phenoxy) is 2. The Morgan fingerprint density at radius 1 is 0.848 bits per heavy atom. The van der Waals surface area contributed by atoms with Crippen LogP contribution in [-0.2, 0) is 40.0 Å². The molecule has 1 N–H and O–H groups in total. The van der Waals surface area contributed by atoms with Crippen LogP contribution in [0.3, 0.4) is 0 Å². The van der Waals surface area contributed by atoms with Crippen LogP contribution in [0, 0.1) is 5.92 Å². The van der Waals surface area contributed by atoms with Crippen molar-refractivity contribution in [2.24, 2.45) is 5.92 Å². The zero-order chi connectivity index (χ0) is 23.4. The SMILES string of the molecule is O=C1CCc2cc(Br)cc(O)c2C1.O=C1CCc2cc(Br)cc(OCC3CCOCC3)c2C1. The summed E-state index contributed by atoms with van der Waals surface area (Å²) in [7, 11) is 0. The minimum Gasteiger partial charge on any atom is -0.508 e. The molecule has 0 saturated carbocycles. The number of phenolic OH excluding ortho intramolecular Hbond substituents is 1. The van der Waals surface area contributed by atoms with E-state index in [2.05, 4.69) is 37.9 Å². The normalized spacial score (nSPS) is 18.1. The second-order valence-corrected chi connectivity index (χ2v) is 10.7. The second-order valence-electron chi connectivity index (χ2n) is 8.90. The first-order valence-corrected chi connectivity index (χ1v) is 13.0. The van der Waals surface area contributed by atoms with E-state index in [4.69, 9.17) is 9.47 Å². The zero-order valence-electron chi connectivity index (χ0n) is 18.5. The predicted octanol–water partition coefficient (Wildman–Crippen LogP) is 5.52. The van der Waals surface area contributed by atoms with Crippen molar-refractivity contribution in [3.8, 4) is 11.5 Å². The topological polar surface area (TPSA) is 72.8 Å². The molecule has 0 unspecified atom stereocenters. The monoisotopic (exact) mass is 578 g/mol. The number of fused-ring (bicyclic) bond motifs is 2. The van der Waals surface area contributed by atoms with E-state index in [1.54, 1.807) is 6.07 Å². The first kappa shape index (κ1) is 24.4. The maximum Gasteiger partial charge on any atom is 0.137 e. The van der Waals surface area contributed by atoms with E-state index >= 15 is 0 Å². The van der Waals surface area contributed by atoms with Gasteiger partial charge in [-0.25, -0.2) is 0 Å². The van der Waals surface area contributed by atoms with Gasteiger partial charge >= 0.3 is 0 Å². The summed E-state index contributed by atoms with van der Waals surface area (Å²) in [5.74, 6) is 2.21. The highest BCUT2D eigenvalue weighted by Gasteiger charge is 2.22. The van der Waals surface area contributed by atoms with Gasteiger partial charge in [-0.05, 0) is 67.0 Å². The molecular weight excluding hydrogens is 552 g/mol. The molecule has 1 fully saturated rings. The number of rotatable bonds is 3. The molecule has 7 heteroatoms. The molecule has 2 aromatic rings. The summed E-state index contributed by atoms with van der Waals surface area (Å²) in [5.41, 5.74) is 4.24. The van der Waals surface area contributed by atoms with E-state index in [9.17, 15) is 14.7 Å². The number of carbonyl (C=O) groups excluding carboxylic acids is 2. The summed E-state index contributed by atoms with van der Waals surface area (Å²) >= 11 is 6.85. The van der Waals surface area contributed by atoms with E-state index in [0.717, 1.165) is 76.9 Å². The van der Waals surface area contributed by atoms with Crippen LogP contribution in [0.5, 0.6) is 11.5 Å². The molecule has 176 valence electrons. The maximum atomic E-state index is 11.7. The predicted molar refractivity (Wildman–Crippen MR) is 133 cm³/mol. The molecule has 0 bridgehead atoms. The Morgan fingerprint density at radius 3 is 2.09 bits per heavy atom. The lowest BCUT2D eigenvalue weighted by molar-refractivity contribution is -0.119. The molecule has 0 spiro atoms. The lowest BCUT2D eigenvalue weighted by Gasteiger charge is -2.24. The first-order valence-electron chi connectivity index (χ1n) is 11.4. The third-order valence-corrected chi connectivity index (χ3v) is 7.38. The van der Waals surface area contributed by atoms with Gasteiger partial charge in [0.1, 0.15) is 23.1 Å². The van der Waals surface area contributed by atoms with E-state index in [1.165, 1.54) is 5.56 Å². The number of Topliss-reactive ketones (excluding diaryl/α,β-unsaturated/α-hetero) is 2. The van der Waals surface area contributed by atoms with Gasteiger partial charge in [-0.3, -0.25) is 9.59 Å². The maximum absolute atomic E-state index is 11.7. The van der Waals surface area contributed by atoms with Gasteiger partial charge in [-0.15, -0.1) is 0 Å². The number of aryl methyl sites for hydroxylation is 2. The fourth-order valence-electron chi connectivity index (χ4n) is 4.56. The minimum atomic E-state index is 0.213. The van der Waals surface area contributed by atoms with Crippen molar-refractivity contribution in [3.05, 3.63) is 55.5 Å². The van der Waals surface area contributed by atoms with Crippen molar-refractivity contribution >= 4 is 43.4 Å². The van der Waals surface area contributed by atoms with Crippen molar-refractivity contribution in [1.29, 1.82) is 0 Å². The standard InChI is InChI=1S/C16H19BrO3.C10H9BrO2/c17-13-7-12-1-2-14(18)9-15(12)16(8-13)20-10-11-3-5-19-6-4-11;11-7-3-6-1-2-8(12)5-9(6)10(13)4-7/h7-8,11H,1-6,9-10H2;3-4,13H,1-2,5H2. The number of aromatic hydroxyl groups is 1. The number of hydrogen-bond acceptors (Lipinski definition) is 5. The fraction of sp³-hybridized carbons (Fsp3) is 0.462. The lowest BCUT2D eigenvalue weighted by Crippen LogP contribution is -2.22. The van der Waals surface area contributed by atoms with Crippen LogP contribution in [-0.4, -0.2) is 36.5 Å². The molecule has 0 atom stereocenters. The summed E-state index contributed by atoms with van der Waals surface area (Å²) in [6, 6.07) is 7.72. The van der Waals surface area contributed by atoms with Gasteiger partial charge in [0.05, 0.1) is 6.61 Å². The Hall–Kier alpha value is -1.70. The van der Waals surface area contributed by atoms with Crippen LogP contribution in [0.15, 0.2) is 33.2 Å². The van der Waals surface area contributed by atoms with E-state index in [-0.39, 0.29) is 11.5 Å². The molecule has 0 aromatic heterocycles. The van der Waals surface area contributed by atoms with E-state index in [1.807, 2.05) is 12.1 Å². The molecule has 5 nitrogen and oxygen atoms in total. The van der Waals surface area contributed by atoms with Gasteiger partial charge in [0.15, 0.2) is 0 Å². The third kappa shape index (κ3) is 6.46. The third-order valence-electron chi connectivity index (χ3n) is 6.46. The molecule has 0 amide bonds. The minimum absolute atomic E-state index is 0.213. The van der Waals surface area contributed by atoms with Crippen LogP contribution in [0.2, 0.25) is 0 Å². The van der Waals surface area contributed by atoms with E-state index < -0.39 is 0 Å². The number of carbonyl (C=O) groups is 2. The van der Waals surface area contributed by atoms with Gasteiger partial charge in [-0.2, -0.15) is 0 Å². The highest BCUT2D eigenvalue weighted by atomic mass is 79.9. The number of halogens is 2. The second kappa shape index (κ2) is 11.2. The Kier molecular flexibility index (Phi) is 8.25. The van der Waals surface area contributed by atoms with Crippen molar-refractivity contribution in [3.63, 3.8) is 0 Å². The highest BCUT2D eigenvalue weighted by Crippen LogP contribution is 2.33. The van der Waals surface area contributed by atoms with Gasteiger partial charge in [0.2, 0.25) is 0 Å². The summed E-state index contributed by atoms with van der Waals surface area (Å²) in [6.45, 7) is 2.40. The van der Waals surface area contributed by atoms with E-state index in [0.29, 0.717) is 37.4 Å². The molecule has 1 heterocycles. The lowest BCUT2D eigenvalue weighted by atomic mass is 9.90. The van der Waals surface area contributed by atoms with Crippen molar-refractivity contribution in [1.82, 2.24) is 0 Å². The molecule has 2 aromatic carbocycles. The largest absolute Gasteiger partial charge is 0.508 e. The Bertz CT molecular complexity index is 1040. The summed E-state index contributed by atoms with van der Waals surface area (Å²) < 4.78 is 13.3. The average molecular weight is 580 g/mol. The van der Waals surface area contributed by atoms with Gasteiger partial charge in [0, 0.05) is 59.0 Å². The molecular formula is C26H28Br2O5. The molecule has 33 heavy (non-hydrogen) atoms. The quantitative estimate of drug-likeness (QED) is 0.518. The van der Waals surface area contributed by atoms with Crippen LogP contribution < -0.4 is 4.74 Å². The highest BCUT2D eigenvalue weighted by molar-refractivity contribution is 9.10. The molecule has 0 radical (unpaired) electrons. The molecule has 5 rings (SSSR count). The van der Waals surface area contributed by atoms with Crippen LogP contribution in [0.4, 0.5) is 0 Å². The average Bonchev–Trinajstić information content (AvgIpc) is 2.79. The number of ketones is 2. The van der Waals surface area contributed by atoms with Crippen molar-refractivity contribution < 1.29 is 24.2 Å². The van der Waals surface area contributed by atoms with Crippen molar-refractivity contribution in [2.75, 3.05) is 19.8 Å². The number of hydrogen-bond donors (Lipinski definition) is 1. The van der Waals surface area contributed by atoms with Crippen LogP contribution >= 0.6 is 31.9 Å². The zero-order valence-corrected chi connectivity index (χ0v) is 21.7. The molecule has 1 saturated heterocycles. The summed E-state index contributed by atoms with van der Waals surface area (Å²) in [6.07, 6.45) is 5.87. The first-order chi connectivity index (χ1) is 15.9. The Labute approximate surface area is 211 Å². The smallest absolute Gasteiger partial charge is 0.137 e. The molecule has 3 aliphatic rings. The van der Waals surface area contributed by atoms with Gasteiger partial charge in [0.25, 0.3) is 0 Å². The molecule has 1 aliphatic heterocycles. The number of benzene rings is 2. The van der Waals surface area contributed by atoms with Gasteiger partial charge < -0.3 is 14.6 Å².